The van der Waals surface area contributed by atoms with Gasteiger partial charge in [0.05, 0.1) is 0 Å². The molecule has 0 spiro atoms. The number of nitrogens with zero attached hydrogens (tertiary/aromatic N) is 1. The fourth-order valence-electron chi connectivity index (χ4n) is 3.17. The van der Waals surface area contributed by atoms with E-state index in [1.807, 2.05) is 0 Å². The van der Waals surface area contributed by atoms with Gasteiger partial charge in [0.2, 0.25) is 0 Å². The van der Waals surface area contributed by atoms with Crippen LogP contribution in [-0.2, 0) is 6.42 Å². The minimum Gasteiger partial charge on any atom is -0.660 e. The molecule has 0 fully saturated rings. The van der Waals surface area contributed by atoms with Crippen LogP contribution in [0.15, 0.2) is 24.3 Å². The molecule has 0 radical (unpaired) electrons. The molecule has 0 saturated carbocycles. The summed E-state index contributed by atoms with van der Waals surface area (Å²) in [4.78, 5) is 4.91. The number of para-hydroxylation sites is 1. The van der Waals surface area contributed by atoms with Crippen LogP contribution in [0.2, 0.25) is 0 Å². The molecule has 1 aliphatic carbocycles. The van der Waals surface area contributed by atoms with Crippen molar-refractivity contribution in [3.05, 3.63) is 35.5 Å². The first-order valence-corrected chi connectivity index (χ1v) is 6.94. The van der Waals surface area contributed by atoms with Crippen molar-refractivity contribution < 1.29 is 18.9 Å². The van der Waals surface area contributed by atoms with E-state index in [4.69, 9.17) is 4.98 Å². The van der Waals surface area contributed by atoms with Gasteiger partial charge in [-0.15, -0.1) is 5.52 Å². The van der Waals surface area contributed by atoms with Gasteiger partial charge >= 0.3 is 18.9 Å². The fourth-order valence-corrected chi connectivity index (χ4v) is 3.17. The third kappa shape index (κ3) is 2.39. The molecular weight excluding hydrogens is 213 g/mol. The van der Waals surface area contributed by atoms with Crippen molar-refractivity contribution in [3.63, 3.8) is 0 Å². The maximum atomic E-state index is 4.91. The van der Waals surface area contributed by atoms with Gasteiger partial charge in [-0.2, -0.15) is 5.69 Å². The van der Waals surface area contributed by atoms with Crippen LogP contribution in [0.3, 0.4) is 0 Å². The number of hydrogen-bond donors (Lipinski definition) is 0. The molecule has 1 aromatic heterocycles. The topological polar surface area (TPSA) is 14.1 Å². The van der Waals surface area contributed by atoms with Gasteiger partial charge in [-0.3, -0.25) is 0 Å². The summed E-state index contributed by atoms with van der Waals surface area (Å²) in [5, 5.41) is 1.41. The second-order valence-corrected chi connectivity index (χ2v) is 5.20. The van der Waals surface area contributed by atoms with E-state index in [0.29, 0.717) is 5.92 Å². The summed E-state index contributed by atoms with van der Waals surface area (Å²) < 4.78 is 0. The molecule has 0 bridgehead atoms. The van der Waals surface area contributed by atoms with Crippen molar-refractivity contribution in [2.45, 2.75) is 51.4 Å². The minimum absolute atomic E-state index is 0. The average molecular weight is 233 g/mol. The molecule has 0 N–H and O–H groups in total. The van der Waals surface area contributed by atoms with E-state index in [1.165, 1.54) is 55.1 Å². The minimum atomic E-state index is 0. The van der Waals surface area contributed by atoms with Gasteiger partial charge in [-0.05, 0) is 30.6 Å². The maximum absolute atomic E-state index is 4.91. The van der Waals surface area contributed by atoms with Crippen LogP contribution < -0.4 is 23.8 Å². The number of fused-ring (bicyclic) bond motifs is 3. The van der Waals surface area contributed by atoms with E-state index in [2.05, 4.69) is 31.2 Å². The quantitative estimate of drug-likeness (QED) is 0.679. The molecule has 1 unspecified atom stereocenters. The van der Waals surface area contributed by atoms with Crippen molar-refractivity contribution in [2.24, 2.45) is 0 Å². The van der Waals surface area contributed by atoms with Gasteiger partial charge in [0, 0.05) is 0 Å². The number of aryl methyl sites for hydroxylation is 1. The Labute approximate surface area is 122 Å². The van der Waals surface area contributed by atoms with Crippen molar-refractivity contribution in [1.82, 2.24) is 4.98 Å². The Hall–Kier alpha value is -0.643. The standard InChI is InChI=1S/C16H20N.Li/c1-2-12-8-4-3-5-10-14-13-9-6-7-11-15(13)17-16(12)14;/h6-7,9,11-12H,2-5,8,10H2,1H3;/q-1;+1. The Balaban J connectivity index is 0.00000120. The third-order valence-electron chi connectivity index (χ3n) is 4.14. The number of benzene rings is 1. The van der Waals surface area contributed by atoms with E-state index in [-0.39, 0.29) is 18.9 Å². The van der Waals surface area contributed by atoms with Crippen molar-refractivity contribution >= 4 is 10.9 Å². The smallest absolute Gasteiger partial charge is 0.660 e. The molecule has 3 rings (SSSR count). The predicted octanol–water partition coefficient (Wildman–Crippen LogP) is 1.41. The van der Waals surface area contributed by atoms with Gasteiger partial charge in [0.25, 0.3) is 0 Å². The molecule has 1 aliphatic rings. The average Bonchev–Trinajstić information content (AvgIpc) is 2.68. The van der Waals surface area contributed by atoms with E-state index >= 15 is 0 Å². The first-order chi connectivity index (χ1) is 8.40. The molecule has 0 saturated heterocycles. The SMILES string of the molecule is CCC1CCCCCc2c1[n-]c1ccccc21.[Li+]. The summed E-state index contributed by atoms with van der Waals surface area (Å²) in [6, 6.07) is 8.65. The molecule has 1 nitrogen and oxygen atoms in total. The summed E-state index contributed by atoms with van der Waals surface area (Å²) in [6.07, 6.45) is 7.88. The molecule has 1 atom stereocenters. The second-order valence-electron chi connectivity index (χ2n) is 5.20. The molecule has 90 valence electrons. The van der Waals surface area contributed by atoms with Gasteiger partial charge < -0.3 is 4.98 Å². The van der Waals surface area contributed by atoms with Gasteiger partial charge in [0.15, 0.2) is 0 Å². The summed E-state index contributed by atoms with van der Waals surface area (Å²) >= 11 is 0. The van der Waals surface area contributed by atoms with Gasteiger partial charge in [-0.25, -0.2) is 0 Å². The van der Waals surface area contributed by atoms with E-state index in [9.17, 15) is 0 Å². The van der Waals surface area contributed by atoms with Crippen LogP contribution in [0.4, 0.5) is 0 Å². The number of rotatable bonds is 1. The van der Waals surface area contributed by atoms with Crippen molar-refractivity contribution in [2.75, 3.05) is 0 Å². The molecule has 2 aromatic rings. The molecule has 0 aliphatic heterocycles. The van der Waals surface area contributed by atoms with Crippen molar-refractivity contribution in [1.29, 1.82) is 0 Å². The van der Waals surface area contributed by atoms with Crippen molar-refractivity contribution in [3.8, 4) is 0 Å². The largest absolute Gasteiger partial charge is 1.00 e. The molecular formula is C16H20LiN. The van der Waals surface area contributed by atoms with Crippen LogP contribution in [-0.4, -0.2) is 0 Å². The Kier molecular flexibility index (Phi) is 4.59. The monoisotopic (exact) mass is 233 g/mol. The molecule has 2 heteroatoms. The Morgan fingerprint density at radius 1 is 1.17 bits per heavy atom. The Bertz CT molecular complexity index is 515. The van der Waals surface area contributed by atoms with Crippen LogP contribution >= 0.6 is 0 Å². The first kappa shape index (κ1) is 13.8. The van der Waals surface area contributed by atoms with Gasteiger partial charge in [0.1, 0.15) is 0 Å². The maximum Gasteiger partial charge on any atom is 1.00 e. The van der Waals surface area contributed by atoms with Crippen LogP contribution in [0.25, 0.3) is 10.9 Å². The first-order valence-electron chi connectivity index (χ1n) is 6.94. The van der Waals surface area contributed by atoms with Crippen LogP contribution in [0, 0.1) is 0 Å². The van der Waals surface area contributed by atoms with E-state index in [0.717, 1.165) is 0 Å². The third-order valence-corrected chi connectivity index (χ3v) is 4.14. The predicted molar refractivity (Wildman–Crippen MR) is 72.5 cm³/mol. The molecule has 1 aromatic carbocycles. The molecule has 18 heavy (non-hydrogen) atoms. The second kappa shape index (κ2) is 6.00. The number of aromatic nitrogens is 1. The normalized spacial score (nSPS) is 19.7. The van der Waals surface area contributed by atoms with E-state index in [1.54, 1.807) is 5.56 Å². The van der Waals surface area contributed by atoms with E-state index < -0.39 is 0 Å². The summed E-state index contributed by atoms with van der Waals surface area (Å²) in [6.45, 7) is 2.30. The zero-order chi connectivity index (χ0) is 11.7. The van der Waals surface area contributed by atoms with Crippen LogP contribution in [0.5, 0.6) is 0 Å². The zero-order valence-corrected chi connectivity index (χ0v) is 11.6. The summed E-state index contributed by atoms with van der Waals surface area (Å²) in [7, 11) is 0. The summed E-state index contributed by atoms with van der Waals surface area (Å²) in [5.74, 6) is 0.692. The van der Waals surface area contributed by atoms with Gasteiger partial charge in [-0.1, -0.05) is 56.0 Å². The zero-order valence-electron chi connectivity index (χ0n) is 11.6. The molecule has 1 heterocycles. The Morgan fingerprint density at radius 2 is 2.00 bits per heavy atom. The Morgan fingerprint density at radius 3 is 2.83 bits per heavy atom. The van der Waals surface area contributed by atoms with Crippen LogP contribution in [0.1, 0.15) is 56.2 Å². The fraction of sp³-hybridized carbons (Fsp3) is 0.500. The summed E-state index contributed by atoms with van der Waals surface area (Å²) in [5.41, 5.74) is 4.17. The molecule has 0 amide bonds. The number of hydrogen-bond acceptors (Lipinski definition) is 0.